The molecule has 0 saturated heterocycles. The van der Waals surface area contributed by atoms with E-state index >= 15 is 0 Å². The smallest absolute Gasteiger partial charge is 0.350 e. The Morgan fingerprint density at radius 2 is 1.85 bits per heavy atom. The third-order valence-corrected chi connectivity index (χ3v) is 3.44. The summed E-state index contributed by atoms with van der Waals surface area (Å²) in [6.07, 6.45) is 0. The van der Waals surface area contributed by atoms with Crippen molar-refractivity contribution in [3.05, 3.63) is 40.6 Å². The fourth-order valence-corrected chi connectivity index (χ4v) is 2.23. The molecule has 0 fully saturated rings. The van der Waals surface area contributed by atoms with Crippen LogP contribution in [0.1, 0.15) is 9.67 Å². The number of rotatable bonds is 6. The molecule has 2 aromatic rings. The van der Waals surface area contributed by atoms with Gasteiger partial charge < -0.3 is 19.9 Å². The lowest BCUT2D eigenvalue weighted by Crippen LogP contribution is -2.12. The number of nitrogens with two attached hydrogens (primary N) is 1. The molecule has 1 aromatic carbocycles. The minimum atomic E-state index is -0.421. The molecule has 0 saturated carbocycles. The van der Waals surface area contributed by atoms with E-state index < -0.39 is 5.97 Å². The summed E-state index contributed by atoms with van der Waals surface area (Å²) in [4.78, 5) is 12.1. The molecule has 0 spiro atoms. The quantitative estimate of drug-likeness (QED) is 0.654. The number of esters is 1. The fraction of sp³-hybridized carbons (Fsp3) is 0.214. The highest BCUT2D eigenvalue weighted by atomic mass is 32.1. The number of thiophene rings is 1. The van der Waals surface area contributed by atoms with E-state index in [-0.39, 0.29) is 13.2 Å². The second-order valence-corrected chi connectivity index (χ2v) is 4.78. The van der Waals surface area contributed by atoms with E-state index in [9.17, 15) is 4.79 Å². The van der Waals surface area contributed by atoms with Crippen LogP contribution in [0.5, 0.6) is 11.5 Å². The van der Waals surface area contributed by atoms with Crippen molar-refractivity contribution >= 4 is 23.0 Å². The van der Waals surface area contributed by atoms with Crippen LogP contribution in [0.25, 0.3) is 0 Å². The van der Waals surface area contributed by atoms with Gasteiger partial charge in [0.1, 0.15) is 29.6 Å². The van der Waals surface area contributed by atoms with E-state index in [1.165, 1.54) is 11.3 Å². The lowest BCUT2D eigenvalue weighted by molar-refractivity contribution is 0.0457. The maximum atomic E-state index is 11.7. The molecular weight excluding hydrogens is 278 g/mol. The normalized spacial score (nSPS) is 10.1. The first kappa shape index (κ1) is 14.2. The van der Waals surface area contributed by atoms with Crippen LogP contribution in [0, 0.1) is 0 Å². The van der Waals surface area contributed by atoms with Crippen molar-refractivity contribution in [1.82, 2.24) is 0 Å². The van der Waals surface area contributed by atoms with Crippen molar-refractivity contribution in [3.8, 4) is 11.5 Å². The Labute approximate surface area is 120 Å². The number of nitrogen functional groups attached to an aromatic ring is 1. The fourth-order valence-electron chi connectivity index (χ4n) is 1.52. The second-order valence-electron chi connectivity index (χ2n) is 3.86. The van der Waals surface area contributed by atoms with Crippen LogP contribution < -0.4 is 15.2 Å². The third kappa shape index (κ3) is 3.64. The lowest BCUT2D eigenvalue weighted by Gasteiger charge is -2.07. The van der Waals surface area contributed by atoms with Crippen molar-refractivity contribution in [2.24, 2.45) is 0 Å². The molecule has 6 heteroatoms. The highest BCUT2D eigenvalue weighted by Crippen LogP contribution is 2.20. The van der Waals surface area contributed by atoms with E-state index in [0.29, 0.717) is 16.3 Å². The molecule has 0 unspecified atom stereocenters. The number of hydrogen-bond acceptors (Lipinski definition) is 6. The molecule has 0 atom stereocenters. The Kier molecular flexibility index (Phi) is 4.84. The van der Waals surface area contributed by atoms with Gasteiger partial charge in [-0.1, -0.05) is 0 Å². The number of carbonyl (C=O) groups excluding carboxylic acids is 1. The van der Waals surface area contributed by atoms with Gasteiger partial charge in [0.05, 0.1) is 12.8 Å². The number of hydrogen-bond donors (Lipinski definition) is 1. The average molecular weight is 293 g/mol. The monoisotopic (exact) mass is 293 g/mol. The van der Waals surface area contributed by atoms with Crippen molar-refractivity contribution in [3.63, 3.8) is 0 Å². The minimum absolute atomic E-state index is 0.169. The van der Waals surface area contributed by atoms with Crippen molar-refractivity contribution < 1.29 is 19.0 Å². The molecule has 0 bridgehead atoms. The van der Waals surface area contributed by atoms with E-state index in [0.717, 1.165) is 5.75 Å². The number of ether oxygens (including phenoxy) is 3. The van der Waals surface area contributed by atoms with Gasteiger partial charge in [-0.3, -0.25) is 0 Å². The minimum Gasteiger partial charge on any atom is -0.497 e. The Balaban J connectivity index is 1.73. The lowest BCUT2D eigenvalue weighted by atomic mass is 10.3. The highest BCUT2D eigenvalue weighted by molar-refractivity contribution is 7.12. The zero-order valence-corrected chi connectivity index (χ0v) is 11.8. The van der Waals surface area contributed by atoms with Gasteiger partial charge in [-0.25, -0.2) is 4.79 Å². The molecule has 0 amide bonds. The standard InChI is InChI=1S/C14H15NO4S/c1-17-10-2-4-11(5-3-10)18-7-8-19-14(16)13-12(15)6-9-20-13/h2-6,9H,7-8,15H2,1H3. The van der Waals surface area contributed by atoms with Gasteiger partial charge in [0.2, 0.25) is 0 Å². The maximum absolute atomic E-state index is 11.7. The van der Waals surface area contributed by atoms with Gasteiger partial charge in [-0.05, 0) is 35.7 Å². The number of carbonyl (C=O) groups is 1. The van der Waals surface area contributed by atoms with Gasteiger partial charge in [-0.2, -0.15) is 0 Å². The first-order valence-corrected chi connectivity index (χ1v) is 6.85. The van der Waals surface area contributed by atoms with E-state index in [4.69, 9.17) is 19.9 Å². The number of benzene rings is 1. The van der Waals surface area contributed by atoms with Crippen molar-refractivity contribution in [2.75, 3.05) is 26.1 Å². The summed E-state index contributed by atoms with van der Waals surface area (Å²) >= 11 is 1.26. The topological polar surface area (TPSA) is 70.8 Å². The molecule has 0 aliphatic heterocycles. The summed E-state index contributed by atoms with van der Waals surface area (Å²) in [5, 5.41) is 1.75. The molecule has 1 aromatic heterocycles. The van der Waals surface area contributed by atoms with Gasteiger partial charge in [-0.15, -0.1) is 11.3 Å². The summed E-state index contributed by atoms with van der Waals surface area (Å²) in [5.74, 6) is 1.03. The molecule has 2 N–H and O–H groups in total. The summed E-state index contributed by atoms with van der Waals surface area (Å²) in [7, 11) is 1.60. The summed E-state index contributed by atoms with van der Waals surface area (Å²) in [6.45, 7) is 0.450. The first-order valence-electron chi connectivity index (χ1n) is 5.97. The van der Waals surface area contributed by atoms with Crippen LogP contribution in [0.15, 0.2) is 35.7 Å². The van der Waals surface area contributed by atoms with Crippen LogP contribution in [0.4, 0.5) is 5.69 Å². The maximum Gasteiger partial charge on any atom is 0.350 e. The Morgan fingerprint density at radius 1 is 1.15 bits per heavy atom. The van der Waals surface area contributed by atoms with Gasteiger partial charge in [0.15, 0.2) is 0 Å². The number of methoxy groups -OCH3 is 1. The predicted octanol–water partition coefficient (Wildman–Crippen LogP) is 2.57. The largest absolute Gasteiger partial charge is 0.497 e. The van der Waals surface area contributed by atoms with Gasteiger partial charge >= 0.3 is 5.97 Å². The zero-order chi connectivity index (χ0) is 14.4. The van der Waals surface area contributed by atoms with Crippen LogP contribution in [-0.2, 0) is 4.74 Å². The zero-order valence-electron chi connectivity index (χ0n) is 11.0. The first-order chi connectivity index (χ1) is 9.70. The van der Waals surface area contributed by atoms with Crippen LogP contribution >= 0.6 is 11.3 Å². The molecule has 2 rings (SSSR count). The Hall–Kier alpha value is -2.21. The van der Waals surface area contributed by atoms with Crippen LogP contribution in [0.3, 0.4) is 0 Å². The van der Waals surface area contributed by atoms with E-state index in [1.54, 1.807) is 42.8 Å². The van der Waals surface area contributed by atoms with Crippen LogP contribution in [-0.4, -0.2) is 26.3 Å². The SMILES string of the molecule is COc1ccc(OCCOC(=O)c2sccc2N)cc1. The van der Waals surface area contributed by atoms with Gasteiger partial charge in [0, 0.05) is 0 Å². The summed E-state index contributed by atoms with van der Waals surface area (Å²) in [5.41, 5.74) is 6.07. The van der Waals surface area contributed by atoms with Crippen molar-refractivity contribution in [1.29, 1.82) is 0 Å². The molecule has 5 nitrogen and oxygen atoms in total. The number of anilines is 1. The highest BCUT2D eigenvalue weighted by Gasteiger charge is 2.12. The molecule has 0 aliphatic rings. The molecule has 0 aliphatic carbocycles. The van der Waals surface area contributed by atoms with Crippen molar-refractivity contribution in [2.45, 2.75) is 0 Å². The second kappa shape index (κ2) is 6.81. The molecule has 1 heterocycles. The molecule has 0 radical (unpaired) electrons. The third-order valence-electron chi connectivity index (χ3n) is 2.53. The Bertz CT molecular complexity index is 565. The van der Waals surface area contributed by atoms with Gasteiger partial charge in [0.25, 0.3) is 0 Å². The predicted molar refractivity (Wildman–Crippen MR) is 77.5 cm³/mol. The summed E-state index contributed by atoms with van der Waals surface area (Å²) in [6, 6.07) is 8.85. The van der Waals surface area contributed by atoms with E-state index in [1.807, 2.05) is 0 Å². The van der Waals surface area contributed by atoms with E-state index in [2.05, 4.69) is 0 Å². The summed E-state index contributed by atoms with van der Waals surface area (Å²) < 4.78 is 15.6. The molecule has 106 valence electrons. The molecular formula is C14H15NO4S. The van der Waals surface area contributed by atoms with Crippen LogP contribution in [0.2, 0.25) is 0 Å². The molecule has 20 heavy (non-hydrogen) atoms. The Morgan fingerprint density at radius 3 is 2.45 bits per heavy atom. The average Bonchev–Trinajstić information content (AvgIpc) is 2.90.